The Morgan fingerprint density at radius 3 is 2.88 bits per heavy atom. The molecule has 2 fully saturated rings. The second kappa shape index (κ2) is 5.56. The molecule has 2 aromatic rings. The minimum atomic E-state index is -0.159. The Balaban J connectivity index is 1.54. The van der Waals surface area contributed by atoms with Crippen LogP contribution in [0.15, 0.2) is 15.3 Å². The summed E-state index contributed by atoms with van der Waals surface area (Å²) < 4.78 is 5.74. The van der Waals surface area contributed by atoms with Gasteiger partial charge in [0, 0.05) is 22.5 Å². The lowest BCUT2D eigenvalue weighted by atomic mass is 10.0. The van der Waals surface area contributed by atoms with E-state index in [9.17, 15) is 4.79 Å². The summed E-state index contributed by atoms with van der Waals surface area (Å²) in [4.78, 5) is 23.0. The molecule has 2 bridgehead atoms. The molecule has 1 aliphatic carbocycles. The lowest BCUT2D eigenvalue weighted by Gasteiger charge is -2.34. The maximum atomic E-state index is 12.5. The number of H-pyrrole nitrogens is 1. The number of alkyl halides is 1. The molecule has 126 valence electrons. The van der Waals surface area contributed by atoms with Crippen molar-refractivity contribution in [3.8, 4) is 0 Å². The molecule has 3 unspecified atom stereocenters. The van der Waals surface area contributed by atoms with Gasteiger partial charge in [-0.05, 0) is 38.2 Å². The first-order valence-electron chi connectivity index (χ1n) is 8.81. The van der Waals surface area contributed by atoms with Crippen molar-refractivity contribution in [2.45, 2.75) is 62.0 Å². The van der Waals surface area contributed by atoms with Crippen LogP contribution in [0.4, 0.5) is 0 Å². The fourth-order valence-electron chi connectivity index (χ4n) is 4.61. The summed E-state index contributed by atoms with van der Waals surface area (Å²) >= 11 is 3.62. The Morgan fingerprint density at radius 1 is 1.29 bits per heavy atom. The molecule has 2 aliphatic heterocycles. The van der Waals surface area contributed by atoms with Crippen molar-refractivity contribution in [3.05, 3.63) is 33.6 Å². The molecule has 2 saturated heterocycles. The number of aromatic amines is 1. The molecule has 5 nitrogen and oxygen atoms in total. The van der Waals surface area contributed by atoms with E-state index in [-0.39, 0.29) is 10.4 Å². The molecule has 4 heterocycles. The Hall–Kier alpha value is -1.40. The Kier molecular flexibility index (Phi) is 3.45. The summed E-state index contributed by atoms with van der Waals surface area (Å²) in [5.74, 6) is 1.55. The molecular weight excluding hydrogens is 370 g/mol. The minimum Gasteiger partial charge on any atom is -0.449 e. The summed E-state index contributed by atoms with van der Waals surface area (Å²) in [5, 5.41) is 0. The van der Waals surface area contributed by atoms with Crippen molar-refractivity contribution in [1.29, 1.82) is 0 Å². The largest absolute Gasteiger partial charge is 0.449 e. The van der Waals surface area contributed by atoms with Gasteiger partial charge in [-0.25, -0.2) is 4.98 Å². The van der Waals surface area contributed by atoms with Gasteiger partial charge in [0.2, 0.25) is 5.58 Å². The zero-order chi connectivity index (χ0) is 16.3. The first kappa shape index (κ1) is 14.9. The number of aromatic nitrogens is 2. The first-order chi connectivity index (χ1) is 11.7. The third-order valence-corrected chi connectivity index (χ3v) is 6.38. The fraction of sp³-hybridized carbons (Fsp3) is 0.556. The van der Waals surface area contributed by atoms with Crippen LogP contribution in [0.3, 0.4) is 0 Å². The molecule has 0 amide bonds. The molecule has 3 atom stereocenters. The highest BCUT2D eigenvalue weighted by atomic mass is 79.9. The van der Waals surface area contributed by atoms with Gasteiger partial charge in [0.05, 0.1) is 6.54 Å². The highest BCUT2D eigenvalue weighted by Gasteiger charge is 2.36. The van der Waals surface area contributed by atoms with Crippen molar-refractivity contribution in [2.24, 2.45) is 0 Å². The number of halogens is 1. The van der Waals surface area contributed by atoms with Crippen molar-refractivity contribution in [2.75, 3.05) is 0 Å². The Labute approximate surface area is 148 Å². The van der Waals surface area contributed by atoms with E-state index in [4.69, 9.17) is 9.40 Å². The molecular formula is C18H20BrN3O2. The summed E-state index contributed by atoms with van der Waals surface area (Å²) in [6, 6.07) is 1.33. The second-order valence-corrected chi connectivity index (χ2v) is 8.38. The maximum absolute atomic E-state index is 12.5. The molecule has 2 aromatic heterocycles. The molecule has 0 spiro atoms. The van der Waals surface area contributed by atoms with Gasteiger partial charge in [0.25, 0.3) is 5.56 Å². The van der Waals surface area contributed by atoms with E-state index < -0.39 is 0 Å². The van der Waals surface area contributed by atoms with Gasteiger partial charge in [0.1, 0.15) is 17.1 Å². The first-order valence-corrected chi connectivity index (χ1v) is 9.73. The number of hydrogen-bond acceptors (Lipinski definition) is 4. The number of rotatable bonds is 2. The van der Waals surface area contributed by atoms with E-state index in [1.54, 1.807) is 0 Å². The topological polar surface area (TPSA) is 62.1 Å². The van der Waals surface area contributed by atoms with Crippen LogP contribution in [0.1, 0.15) is 49.3 Å². The van der Waals surface area contributed by atoms with Crippen LogP contribution in [-0.2, 0) is 13.0 Å². The maximum Gasteiger partial charge on any atom is 0.294 e. The average molecular weight is 390 g/mol. The number of furan rings is 1. The van der Waals surface area contributed by atoms with E-state index >= 15 is 0 Å². The number of piperidine rings is 1. The summed E-state index contributed by atoms with van der Waals surface area (Å²) in [6.45, 7) is 0.744. The van der Waals surface area contributed by atoms with Crippen molar-refractivity contribution in [1.82, 2.24) is 14.9 Å². The van der Waals surface area contributed by atoms with Crippen LogP contribution >= 0.6 is 15.9 Å². The molecule has 5 rings (SSSR count). The molecule has 1 N–H and O–H groups in total. The van der Waals surface area contributed by atoms with Gasteiger partial charge in [-0.1, -0.05) is 28.4 Å². The van der Waals surface area contributed by atoms with Crippen LogP contribution < -0.4 is 5.56 Å². The van der Waals surface area contributed by atoms with E-state index in [0.29, 0.717) is 17.7 Å². The molecule has 24 heavy (non-hydrogen) atoms. The smallest absolute Gasteiger partial charge is 0.294 e. The predicted molar refractivity (Wildman–Crippen MR) is 96.3 cm³/mol. The van der Waals surface area contributed by atoms with Gasteiger partial charge < -0.3 is 9.40 Å². The zero-order valence-corrected chi connectivity index (χ0v) is 15.0. The number of fused-ring (bicyclic) bond motifs is 5. The Bertz CT molecular complexity index is 868. The fourth-order valence-corrected chi connectivity index (χ4v) is 5.09. The standard InChI is InChI=1S/C18H20BrN3O2/c19-10-4-7-14-13(8-10)16-17(24-14)18(23)21-15(20-16)9-22-11-2-1-3-12(22)6-5-11/h4,7,10-12H,1-3,5-6,8-9H2,(H,20,21,23). The third kappa shape index (κ3) is 2.30. The minimum absolute atomic E-state index is 0.159. The van der Waals surface area contributed by atoms with Crippen LogP contribution in [0.5, 0.6) is 0 Å². The van der Waals surface area contributed by atoms with Crippen LogP contribution in [0, 0.1) is 0 Å². The lowest BCUT2D eigenvalue weighted by molar-refractivity contribution is 0.128. The Morgan fingerprint density at radius 2 is 2.08 bits per heavy atom. The highest BCUT2D eigenvalue weighted by Crippen LogP contribution is 2.36. The SMILES string of the molecule is O=c1[nH]c(CN2C3CCCC2CC3)nc2c3c(oc12)C=CC(Br)C3. The summed E-state index contributed by atoms with van der Waals surface area (Å²) in [7, 11) is 0. The number of hydrogen-bond donors (Lipinski definition) is 1. The van der Waals surface area contributed by atoms with E-state index in [2.05, 4.69) is 25.8 Å². The number of nitrogens with zero attached hydrogens (tertiary/aromatic N) is 2. The summed E-state index contributed by atoms with van der Waals surface area (Å²) in [5.41, 5.74) is 1.98. The van der Waals surface area contributed by atoms with Crippen LogP contribution in [0.2, 0.25) is 0 Å². The normalized spacial score (nSPS) is 29.3. The van der Waals surface area contributed by atoms with Gasteiger partial charge in [0.15, 0.2) is 0 Å². The van der Waals surface area contributed by atoms with Gasteiger partial charge in [-0.3, -0.25) is 9.69 Å². The quantitative estimate of drug-likeness (QED) is 0.799. The summed E-state index contributed by atoms with van der Waals surface area (Å²) in [6.07, 6.45) is 11.3. The lowest BCUT2D eigenvalue weighted by Crippen LogP contribution is -2.39. The van der Waals surface area contributed by atoms with Gasteiger partial charge in [-0.2, -0.15) is 0 Å². The van der Waals surface area contributed by atoms with Crippen LogP contribution in [0.25, 0.3) is 17.2 Å². The second-order valence-electron chi connectivity index (χ2n) is 7.20. The average Bonchev–Trinajstić information content (AvgIpc) is 3.01. The predicted octanol–water partition coefficient (Wildman–Crippen LogP) is 3.37. The molecule has 0 aromatic carbocycles. The van der Waals surface area contributed by atoms with E-state index in [1.165, 1.54) is 32.1 Å². The molecule has 0 saturated carbocycles. The third-order valence-electron chi connectivity index (χ3n) is 5.75. The van der Waals surface area contributed by atoms with E-state index in [1.807, 2.05) is 12.2 Å². The van der Waals surface area contributed by atoms with Gasteiger partial charge >= 0.3 is 0 Å². The molecule has 6 heteroatoms. The van der Waals surface area contributed by atoms with Crippen molar-refractivity contribution >= 4 is 33.1 Å². The van der Waals surface area contributed by atoms with Crippen LogP contribution in [-0.4, -0.2) is 31.8 Å². The molecule has 0 radical (unpaired) electrons. The molecule has 3 aliphatic rings. The van der Waals surface area contributed by atoms with E-state index in [0.717, 1.165) is 35.6 Å². The van der Waals surface area contributed by atoms with Gasteiger partial charge in [-0.15, -0.1) is 0 Å². The number of nitrogens with one attached hydrogen (secondary N) is 1. The van der Waals surface area contributed by atoms with Crippen molar-refractivity contribution < 1.29 is 4.42 Å². The highest BCUT2D eigenvalue weighted by molar-refractivity contribution is 9.09. The monoisotopic (exact) mass is 389 g/mol. The number of allylic oxidation sites excluding steroid dienone is 1. The zero-order valence-electron chi connectivity index (χ0n) is 13.4. The van der Waals surface area contributed by atoms with Crippen molar-refractivity contribution in [3.63, 3.8) is 0 Å².